The molecule has 0 unspecified atom stereocenters. The van der Waals surface area contributed by atoms with Crippen molar-refractivity contribution in [1.82, 2.24) is 4.98 Å². The van der Waals surface area contributed by atoms with Crippen LogP contribution in [0.3, 0.4) is 0 Å². The number of amides is 1. The van der Waals surface area contributed by atoms with Crippen LogP contribution in [0.15, 0.2) is 47.0 Å². The topological polar surface area (TPSA) is 59.5 Å². The fourth-order valence-electron chi connectivity index (χ4n) is 2.97. The highest BCUT2D eigenvalue weighted by Crippen LogP contribution is 2.40. The molecule has 5 nitrogen and oxygen atoms in total. The molecule has 0 saturated carbocycles. The minimum Gasteiger partial charge on any atom is -0.454 e. The van der Waals surface area contributed by atoms with Gasteiger partial charge in [-0.2, -0.15) is 4.39 Å². The molecule has 0 aliphatic carbocycles. The van der Waals surface area contributed by atoms with Crippen molar-refractivity contribution in [1.29, 1.82) is 0 Å². The number of nitrogens with zero attached hydrogens (tertiary/aromatic N) is 2. The number of hydrogen-bond donors (Lipinski definition) is 1. The first kappa shape index (κ1) is 18.2. The largest absolute Gasteiger partial charge is 0.454 e. The van der Waals surface area contributed by atoms with Gasteiger partial charge in [-0.1, -0.05) is 28.0 Å². The van der Waals surface area contributed by atoms with Gasteiger partial charge in [-0.15, -0.1) is 0 Å². The summed E-state index contributed by atoms with van der Waals surface area (Å²) in [4.78, 5) is 20.4. The summed E-state index contributed by atoms with van der Waals surface area (Å²) in [7, 11) is 1.57. The lowest BCUT2D eigenvalue weighted by Crippen LogP contribution is -2.13. The van der Waals surface area contributed by atoms with Crippen molar-refractivity contribution in [3.05, 3.63) is 74.6 Å². The van der Waals surface area contributed by atoms with Gasteiger partial charge in [-0.3, -0.25) is 4.79 Å². The lowest BCUT2D eigenvalue weighted by molar-refractivity contribution is 0.102. The Balaban J connectivity index is 1.83. The minimum absolute atomic E-state index is 0.272. The zero-order valence-electron chi connectivity index (χ0n) is 14.4. The van der Waals surface area contributed by atoms with Crippen LogP contribution in [0.4, 0.5) is 10.1 Å². The molecule has 0 aliphatic heterocycles. The van der Waals surface area contributed by atoms with Gasteiger partial charge in [-0.25, -0.2) is 4.98 Å². The number of furan rings is 2. The molecule has 1 amide bonds. The smallest absolute Gasteiger partial charge is 0.314 e. The Labute approximate surface area is 168 Å². The van der Waals surface area contributed by atoms with Gasteiger partial charge in [0.05, 0.1) is 15.6 Å². The van der Waals surface area contributed by atoms with Crippen molar-refractivity contribution in [2.45, 2.75) is 0 Å². The summed E-state index contributed by atoms with van der Waals surface area (Å²) in [5.74, 6) is -1.10. The van der Waals surface area contributed by atoms with E-state index in [0.717, 1.165) is 0 Å². The number of rotatable bonds is 3. The zero-order valence-corrected chi connectivity index (χ0v) is 15.9. The highest BCUT2D eigenvalue weighted by Gasteiger charge is 2.28. The molecule has 4 rings (SSSR count). The van der Waals surface area contributed by atoms with Crippen molar-refractivity contribution in [3.63, 3.8) is 0 Å². The van der Waals surface area contributed by atoms with Crippen molar-refractivity contribution < 1.29 is 13.6 Å². The van der Waals surface area contributed by atoms with Gasteiger partial charge in [0, 0.05) is 29.6 Å². The van der Waals surface area contributed by atoms with Gasteiger partial charge in [0.25, 0.3) is 13.0 Å². The SMILES string of the molecule is C[N+]#Cc1cc2oc1c(-c1ccnc(F)c1)c2C(=O)Nc1ccc(Cl)c(Cl)c1. The second-order valence-electron chi connectivity index (χ2n) is 5.89. The highest BCUT2D eigenvalue weighted by molar-refractivity contribution is 6.42. The first-order valence-electron chi connectivity index (χ1n) is 8.10. The Hall–Kier alpha value is -3.14. The molecule has 138 valence electrons. The Kier molecular flexibility index (Phi) is 4.63. The molecule has 2 bridgehead atoms. The van der Waals surface area contributed by atoms with Gasteiger partial charge in [0.1, 0.15) is 11.1 Å². The lowest BCUT2D eigenvalue weighted by atomic mass is 9.97. The van der Waals surface area contributed by atoms with E-state index in [2.05, 4.69) is 21.2 Å². The maximum Gasteiger partial charge on any atom is 0.314 e. The number of carbonyl (C=O) groups excluding carboxylic acids is 1. The van der Waals surface area contributed by atoms with Crippen LogP contribution < -0.4 is 5.32 Å². The van der Waals surface area contributed by atoms with Crippen molar-refractivity contribution in [2.24, 2.45) is 0 Å². The number of fused-ring (bicyclic) bond motifs is 2. The third-order valence-electron chi connectivity index (χ3n) is 4.11. The normalized spacial score (nSPS) is 10.7. The summed E-state index contributed by atoms with van der Waals surface area (Å²) >= 11 is 11.9. The van der Waals surface area contributed by atoms with Gasteiger partial charge in [0.2, 0.25) is 5.95 Å². The fraction of sp³-hybridized carbons (Fsp3) is 0.0500. The second kappa shape index (κ2) is 7.12. The molecule has 0 radical (unpaired) electrons. The summed E-state index contributed by atoms with van der Waals surface area (Å²) in [5.41, 5.74) is 2.95. The zero-order chi connectivity index (χ0) is 19.8. The Morgan fingerprint density at radius 1 is 1.21 bits per heavy atom. The van der Waals surface area contributed by atoms with Crippen LogP contribution in [0, 0.1) is 12.0 Å². The number of anilines is 1. The van der Waals surface area contributed by atoms with E-state index in [9.17, 15) is 9.18 Å². The molecule has 0 atom stereocenters. The number of nitrogens with one attached hydrogen (secondary N) is 1. The number of hydrogen-bond acceptors (Lipinski definition) is 3. The van der Waals surface area contributed by atoms with Gasteiger partial charge in [0.15, 0.2) is 5.58 Å². The van der Waals surface area contributed by atoms with E-state index in [-0.39, 0.29) is 5.56 Å². The van der Waals surface area contributed by atoms with E-state index in [1.54, 1.807) is 37.4 Å². The quantitative estimate of drug-likeness (QED) is 0.421. The summed E-state index contributed by atoms with van der Waals surface area (Å²) in [6.07, 6.45) is 1.32. The number of aromatic nitrogens is 1. The molecule has 8 heteroatoms. The van der Waals surface area contributed by atoms with Crippen LogP contribution in [-0.2, 0) is 0 Å². The third-order valence-corrected chi connectivity index (χ3v) is 4.85. The van der Waals surface area contributed by atoms with Gasteiger partial charge >= 0.3 is 6.07 Å². The number of benzene rings is 2. The van der Waals surface area contributed by atoms with E-state index in [1.165, 1.54) is 12.3 Å². The van der Waals surface area contributed by atoms with Gasteiger partial charge in [-0.05, 0) is 29.8 Å². The summed E-state index contributed by atoms with van der Waals surface area (Å²) < 4.78 is 19.5. The molecule has 28 heavy (non-hydrogen) atoms. The number of halogens is 3. The first-order chi connectivity index (χ1) is 13.5. The molecular formula is C20H11Cl2FN3O2+. The lowest BCUT2D eigenvalue weighted by Gasteiger charge is -2.08. The van der Waals surface area contributed by atoms with E-state index in [0.29, 0.717) is 43.6 Å². The predicted molar refractivity (Wildman–Crippen MR) is 107 cm³/mol. The highest BCUT2D eigenvalue weighted by atomic mass is 35.5. The first-order valence-corrected chi connectivity index (χ1v) is 8.85. The molecule has 0 saturated heterocycles. The maximum atomic E-state index is 13.7. The Bertz CT molecular complexity index is 1270. The van der Waals surface area contributed by atoms with E-state index >= 15 is 0 Å². The summed E-state index contributed by atoms with van der Waals surface area (Å²) in [6, 6.07) is 12.1. The second-order valence-corrected chi connectivity index (χ2v) is 6.70. The van der Waals surface area contributed by atoms with Crippen LogP contribution in [0.5, 0.6) is 0 Å². The van der Waals surface area contributed by atoms with E-state index in [4.69, 9.17) is 27.6 Å². The maximum absolute atomic E-state index is 13.7. The van der Waals surface area contributed by atoms with Gasteiger partial charge < -0.3 is 9.73 Å². The molecule has 0 spiro atoms. The molecule has 1 N–H and O–H groups in total. The van der Waals surface area contributed by atoms with Crippen molar-refractivity contribution in [3.8, 4) is 17.2 Å². The Morgan fingerprint density at radius 3 is 2.75 bits per heavy atom. The monoisotopic (exact) mass is 414 g/mol. The average Bonchev–Trinajstić information content (AvgIpc) is 3.23. The van der Waals surface area contributed by atoms with Crippen LogP contribution in [0.1, 0.15) is 15.9 Å². The Morgan fingerprint density at radius 2 is 2.04 bits per heavy atom. The molecular weight excluding hydrogens is 404 g/mol. The van der Waals surface area contributed by atoms with E-state index in [1.807, 2.05) is 0 Å². The molecule has 3 heterocycles. The van der Waals surface area contributed by atoms with Crippen LogP contribution in [-0.4, -0.2) is 17.9 Å². The fourth-order valence-corrected chi connectivity index (χ4v) is 3.26. The van der Waals surface area contributed by atoms with Crippen molar-refractivity contribution in [2.75, 3.05) is 12.4 Å². The number of pyridine rings is 1. The van der Waals surface area contributed by atoms with Crippen molar-refractivity contribution >= 4 is 46.0 Å². The molecule has 0 fully saturated rings. The average molecular weight is 415 g/mol. The molecule has 1 aromatic carbocycles. The summed E-state index contributed by atoms with van der Waals surface area (Å²) in [5, 5.41) is 3.45. The minimum atomic E-state index is -0.665. The third kappa shape index (κ3) is 3.15. The van der Waals surface area contributed by atoms with Crippen LogP contribution >= 0.6 is 23.2 Å². The summed E-state index contributed by atoms with van der Waals surface area (Å²) in [6.45, 7) is 0. The molecule has 3 aromatic heterocycles. The standard InChI is InChI=1S/C20H10Cl2FN3O2/c1-24-9-11-6-15-18(20(27)26-12-2-3-13(21)14(22)8-12)17(19(11)28-15)10-4-5-25-16(23)7-10/h2-8H,1H3/p+1. The predicted octanol–water partition coefficient (Wildman–Crippen LogP) is 5.94. The molecule has 4 aromatic rings. The number of carbonyl (C=O) groups is 1. The van der Waals surface area contributed by atoms with Crippen LogP contribution in [0.25, 0.3) is 27.1 Å². The van der Waals surface area contributed by atoms with Crippen LogP contribution in [0.2, 0.25) is 10.0 Å². The van der Waals surface area contributed by atoms with E-state index < -0.39 is 11.9 Å². The molecule has 0 aliphatic rings.